The van der Waals surface area contributed by atoms with Crippen LogP contribution in [0.5, 0.6) is 5.75 Å². The first-order chi connectivity index (χ1) is 10.1. The van der Waals surface area contributed by atoms with Crippen molar-refractivity contribution < 1.29 is 19.8 Å². The summed E-state index contributed by atoms with van der Waals surface area (Å²) in [5.41, 5.74) is 1.91. The largest absolute Gasteiger partial charge is 0.505 e. The molecule has 0 saturated carbocycles. The van der Waals surface area contributed by atoms with Crippen LogP contribution in [0.4, 0.5) is 0 Å². The van der Waals surface area contributed by atoms with E-state index in [0.717, 1.165) is 11.1 Å². The number of aromatic hydroxyl groups is 1. The van der Waals surface area contributed by atoms with Crippen molar-refractivity contribution in [3.05, 3.63) is 58.9 Å². The lowest BCUT2D eigenvalue weighted by molar-refractivity contribution is 0.0696. The Hall–Kier alpha value is -2.89. The summed E-state index contributed by atoms with van der Waals surface area (Å²) in [4.78, 5) is 28.7. The van der Waals surface area contributed by atoms with Crippen molar-refractivity contribution in [2.45, 2.75) is 13.1 Å². The molecule has 0 atom stereocenters. The number of nitrogens with zero attached hydrogens (tertiary/aromatic N) is 2. The molecule has 1 aliphatic rings. The van der Waals surface area contributed by atoms with Gasteiger partial charge in [0.15, 0.2) is 5.69 Å². The number of hydrogen-bond donors (Lipinski definition) is 2. The van der Waals surface area contributed by atoms with E-state index in [1.807, 2.05) is 0 Å². The number of carbonyl (C=O) groups excluding carboxylic acids is 1. The van der Waals surface area contributed by atoms with Gasteiger partial charge in [-0.15, -0.1) is 0 Å². The van der Waals surface area contributed by atoms with Crippen LogP contribution in [0, 0.1) is 0 Å². The molecule has 21 heavy (non-hydrogen) atoms. The monoisotopic (exact) mass is 284 g/mol. The summed E-state index contributed by atoms with van der Waals surface area (Å²) in [6.07, 6.45) is 1.44. The Morgan fingerprint density at radius 3 is 2.62 bits per heavy atom. The average Bonchev–Trinajstić information content (AvgIpc) is 2.89. The fourth-order valence-electron chi connectivity index (χ4n) is 2.38. The van der Waals surface area contributed by atoms with Gasteiger partial charge in [-0.2, -0.15) is 0 Å². The Labute approximate surface area is 120 Å². The zero-order valence-corrected chi connectivity index (χ0v) is 11.0. The number of aromatic nitrogens is 1. The van der Waals surface area contributed by atoms with Gasteiger partial charge in [0.05, 0.1) is 5.56 Å². The van der Waals surface area contributed by atoms with Gasteiger partial charge >= 0.3 is 5.97 Å². The molecule has 106 valence electrons. The van der Waals surface area contributed by atoms with Gasteiger partial charge in [0.2, 0.25) is 0 Å². The van der Waals surface area contributed by atoms with E-state index in [1.165, 1.54) is 23.2 Å². The molecule has 0 saturated heterocycles. The minimum Gasteiger partial charge on any atom is -0.505 e. The lowest BCUT2D eigenvalue weighted by atomic mass is 10.1. The molecule has 1 aromatic heterocycles. The Morgan fingerprint density at radius 2 is 1.90 bits per heavy atom. The van der Waals surface area contributed by atoms with Crippen LogP contribution in [0.3, 0.4) is 0 Å². The molecule has 6 nitrogen and oxygen atoms in total. The highest BCUT2D eigenvalue weighted by Gasteiger charge is 2.27. The molecule has 3 rings (SSSR count). The number of carbonyl (C=O) groups is 2. The van der Waals surface area contributed by atoms with Crippen LogP contribution in [-0.4, -0.2) is 32.0 Å². The molecule has 0 fully saturated rings. The summed E-state index contributed by atoms with van der Waals surface area (Å²) >= 11 is 0. The maximum Gasteiger partial charge on any atom is 0.335 e. The molecule has 0 aliphatic carbocycles. The quantitative estimate of drug-likeness (QED) is 0.874. The molecule has 0 unspecified atom stereocenters. The number of rotatable bonds is 2. The van der Waals surface area contributed by atoms with E-state index < -0.39 is 5.97 Å². The number of benzene rings is 1. The third-order valence-corrected chi connectivity index (χ3v) is 3.45. The summed E-state index contributed by atoms with van der Waals surface area (Å²) in [7, 11) is 0. The molecule has 1 aromatic carbocycles. The van der Waals surface area contributed by atoms with Gasteiger partial charge in [0.25, 0.3) is 5.91 Å². The van der Waals surface area contributed by atoms with Crippen molar-refractivity contribution in [3.63, 3.8) is 0 Å². The third kappa shape index (κ3) is 2.31. The summed E-state index contributed by atoms with van der Waals surface area (Å²) in [6.45, 7) is 0.690. The number of carboxylic acids is 1. The zero-order chi connectivity index (χ0) is 15.0. The van der Waals surface area contributed by atoms with E-state index in [1.54, 1.807) is 18.2 Å². The van der Waals surface area contributed by atoms with Crippen LogP contribution < -0.4 is 0 Å². The van der Waals surface area contributed by atoms with E-state index in [9.17, 15) is 14.7 Å². The first-order valence-corrected chi connectivity index (χ1v) is 6.34. The van der Waals surface area contributed by atoms with Gasteiger partial charge < -0.3 is 15.1 Å². The number of carboxylic acid groups (broad SMARTS) is 1. The van der Waals surface area contributed by atoms with Crippen LogP contribution >= 0.6 is 0 Å². The molecule has 2 aromatic rings. The Kier molecular flexibility index (Phi) is 3.06. The highest BCUT2D eigenvalue weighted by Crippen LogP contribution is 2.26. The second kappa shape index (κ2) is 4.90. The lowest BCUT2D eigenvalue weighted by Gasteiger charge is -2.15. The summed E-state index contributed by atoms with van der Waals surface area (Å²) in [5, 5.41) is 18.7. The summed E-state index contributed by atoms with van der Waals surface area (Å²) in [5.74, 6) is -1.53. The molecule has 6 heteroatoms. The second-order valence-electron chi connectivity index (χ2n) is 4.82. The first-order valence-electron chi connectivity index (χ1n) is 6.34. The topological polar surface area (TPSA) is 90.7 Å². The third-order valence-electron chi connectivity index (χ3n) is 3.45. The number of hydrogen-bond acceptors (Lipinski definition) is 4. The smallest absolute Gasteiger partial charge is 0.335 e. The van der Waals surface area contributed by atoms with E-state index in [4.69, 9.17) is 5.11 Å². The van der Waals surface area contributed by atoms with Crippen LogP contribution in [0.15, 0.2) is 36.5 Å². The molecule has 0 radical (unpaired) electrons. The first kappa shape index (κ1) is 13.1. The SMILES string of the molecule is O=C(O)c1ccc2c(c1)CN(C(=O)c1ncccc1O)C2. The van der Waals surface area contributed by atoms with Crippen molar-refractivity contribution in [1.82, 2.24) is 9.88 Å². The number of aromatic carboxylic acids is 1. The fraction of sp³-hybridized carbons (Fsp3) is 0.133. The minimum absolute atomic E-state index is 0.00349. The molecule has 1 amide bonds. The second-order valence-corrected chi connectivity index (χ2v) is 4.82. The summed E-state index contributed by atoms with van der Waals surface area (Å²) in [6, 6.07) is 7.76. The summed E-state index contributed by atoms with van der Waals surface area (Å²) < 4.78 is 0. The van der Waals surface area contributed by atoms with Crippen molar-refractivity contribution in [1.29, 1.82) is 0 Å². The number of pyridine rings is 1. The van der Waals surface area contributed by atoms with Gasteiger partial charge in [-0.1, -0.05) is 6.07 Å². The Balaban J connectivity index is 1.86. The minimum atomic E-state index is -0.995. The van der Waals surface area contributed by atoms with Gasteiger partial charge in [-0.25, -0.2) is 9.78 Å². The number of amides is 1. The molecular formula is C15H12N2O4. The normalized spacial score (nSPS) is 13.0. The molecule has 2 heterocycles. The van der Waals surface area contributed by atoms with E-state index >= 15 is 0 Å². The molecule has 0 bridgehead atoms. The maximum atomic E-state index is 12.3. The van der Waals surface area contributed by atoms with E-state index in [-0.39, 0.29) is 22.9 Å². The van der Waals surface area contributed by atoms with Crippen LogP contribution in [-0.2, 0) is 13.1 Å². The highest BCUT2D eigenvalue weighted by molar-refractivity contribution is 5.95. The van der Waals surface area contributed by atoms with Crippen molar-refractivity contribution in [3.8, 4) is 5.75 Å². The zero-order valence-electron chi connectivity index (χ0n) is 11.0. The van der Waals surface area contributed by atoms with Crippen LogP contribution in [0.2, 0.25) is 0 Å². The van der Waals surface area contributed by atoms with Gasteiger partial charge in [-0.3, -0.25) is 4.79 Å². The molecule has 1 aliphatic heterocycles. The van der Waals surface area contributed by atoms with Gasteiger partial charge in [0.1, 0.15) is 5.75 Å². The van der Waals surface area contributed by atoms with Crippen molar-refractivity contribution in [2.75, 3.05) is 0 Å². The van der Waals surface area contributed by atoms with E-state index in [0.29, 0.717) is 13.1 Å². The number of fused-ring (bicyclic) bond motifs is 1. The molecular weight excluding hydrogens is 272 g/mol. The van der Waals surface area contributed by atoms with Crippen LogP contribution in [0.1, 0.15) is 32.0 Å². The van der Waals surface area contributed by atoms with E-state index in [2.05, 4.69) is 4.98 Å². The van der Waals surface area contributed by atoms with Gasteiger partial charge in [-0.05, 0) is 35.4 Å². The molecule has 0 spiro atoms. The molecule has 2 N–H and O–H groups in total. The van der Waals surface area contributed by atoms with Crippen LogP contribution in [0.25, 0.3) is 0 Å². The Bertz CT molecular complexity index is 742. The maximum absolute atomic E-state index is 12.3. The Morgan fingerprint density at radius 1 is 1.14 bits per heavy atom. The predicted octanol–water partition coefficient (Wildman–Crippen LogP) is 1.64. The average molecular weight is 284 g/mol. The van der Waals surface area contributed by atoms with Gasteiger partial charge in [0, 0.05) is 19.3 Å². The highest BCUT2D eigenvalue weighted by atomic mass is 16.4. The van der Waals surface area contributed by atoms with Crippen molar-refractivity contribution in [2.24, 2.45) is 0 Å². The lowest BCUT2D eigenvalue weighted by Crippen LogP contribution is -2.26. The fourth-order valence-corrected chi connectivity index (χ4v) is 2.38. The van der Waals surface area contributed by atoms with Crippen molar-refractivity contribution >= 4 is 11.9 Å². The predicted molar refractivity (Wildman–Crippen MR) is 72.9 cm³/mol. The standard InChI is InChI=1S/C15H12N2O4/c18-12-2-1-5-16-13(12)14(19)17-7-10-4-3-9(15(20)21)6-11(10)8-17/h1-6,18H,7-8H2,(H,20,21).